The van der Waals surface area contributed by atoms with Crippen LogP contribution >= 0.6 is 0 Å². The van der Waals surface area contributed by atoms with Crippen LogP contribution in [0.3, 0.4) is 0 Å². The number of carboxylic acids is 1. The predicted molar refractivity (Wildman–Crippen MR) is 76.5 cm³/mol. The van der Waals surface area contributed by atoms with Gasteiger partial charge >= 0.3 is 12.1 Å². The zero-order valence-electron chi connectivity index (χ0n) is 13.4. The molecule has 0 spiro atoms. The Kier molecular flexibility index (Phi) is 4.42. The fourth-order valence-corrected chi connectivity index (χ4v) is 3.35. The first-order valence-corrected chi connectivity index (χ1v) is 7.08. The molecule has 0 saturated heterocycles. The molecule has 0 radical (unpaired) electrons. The number of nitrogens with one attached hydrogen (secondary N) is 1. The van der Waals surface area contributed by atoms with Crippen molar-refractivity contribution in [1.82, 2.24) is 5.32 Å². The van der Waals surface area contributed by atoms with Crippen molar-refractivity contribution in [3.8, 4) is 0 Å². The zero-order chi connectivity index (χ0) is 15.8. The fraction of sp³-hybridized carbons (Fsp3) is 0.867. The molecule has 1 saturated carbocycles. The standard InChI is InChI=1S/C15H27NO4/c1-10-7-14(5,6)9-15(10,8-11(17)18)16-12(19)20-13(2,3)4/h10H,7-9H2,1-6H3,(H,16,19)(H,17,18). The molecule has 1 amide bonds. The monoisotopic (exact) mass is 285 g/mol. The average molecular weight is 285 g/mol. The third kappa shape index (κ3) is 4.39. The molecule has 2 N–H and O–H groups in total. The molecule has 0 aromatic carbocycles. The predicted octanol–water partition coefficient (Wildman–Crippen LogP) is 3.18. The lowest BCUT2D eigenvalue weighted by molar-refractivity contribution is -0.139. The van der Waals surface area contributed by atoms with E-state index >= 15 is 0 Å². The number of rotatable bonds is 3. The summed E-state index contributed by atoms with van der Waals surface area (Å²) in [4.78, 5) is 23.2. The van der Waals surface area contributed by atoms with Gasteiger partial charge in [0.15, 0.2) is 0 Å². The molecule has 1 rings (SSSR count). The van der Waals surface area contributed by atoms with E-state index in [4.69, 9.17) is 4.74 Å². The van der Waals surface area contributed by atoms with Gasteiger partial charge in [0.1, 0.15) is 5.60 Å². The summed E-state index contributed by atoms with van der Waals surface area (Å²) >= 11 is 0. The molecule has 116 valence electrons. The van der Waals surface area contributed by atoms with Crippen LogP contribution in [-0.2, 0) is 9.53 Å². The van der Waals surface area contributed by atoms with Gasteiger partial charge in [-0.25, -0.2) is 4.79 Å². The maximum Gasteiger partial charge on any atom is 0.408 e. The molecule has 2 atom stereocenters. The third-order valence-electron chi connectivity index (χ3n) is 3.81. The third-order valence-corrected chi connectivity index (χ3v) is 3.81. The van der Waals surface area contributed by atoms with Gasteiger partial charge in [-0.05, 0) is 44.9 Å². The van der Waals surface area contributed by atoms with Crippen LogP contribution in [0.1, 0.15) is 60.8 Å². The number of carboxylic acid groups (broad SMARTS) is 1. The smallest absolute Gasteiger partial charge is 0.408 e. The maximum atomic E-state index is 12.0. The Morgan fingerprint density at radius 2 is 1.90 bits per heavy atom. The minimum Gasteiger partial charge on any atom is -0.481 e. The average Bonchev–Trinajstić information content (AvgIpc) is 2.29. The van der Waals surface area contributed by atoms with E-state index in [0.717, 1.165) is 6.42 Å². The summed E-state index contributed by atoms with van der Waals surface area (Å²) in [6, 6.07) is 0. The Labute approximate surface area is 121 Å². The van der Waals surface area contributed by atoms with Gasteiger partial charge in [0.25, 0.3) is 0 Å². The van der Waals surface area contributed by atoms with E-state index < -0.39 is 23.2 Å². The first-order valence-electron chi connectivity index (χ1n) is 7.08. The van der Waals surface area contributed by atoms with Crippen LogP contribution in [0, 0.1) is 11.3 Å². The molecular formula is C15H27NO4. The molecule has 2 unspecified atom stereocenters. The van der Waals surface area contributed by atoms with Gasteiger partial charge in [-0.1, -0.05) is 20.8 Å². The number of hydrogen-bond donors (Lipinski definition) is 2. The van der Waals surface area contributed by atoms with Crippen LogP contribution < -0.4 is 5.32 Å². The number of carbonyl (C=O) groups is 2. The second-order valence-electron chi connectivity index (χ2n) is 7.80. The highest BCUT2D eigenvalue weighted by Crippen LogP contribution is 2.49. The molecule has 5 nitrogen and oxygen atoms in total. The van der Waals surface area contributed by atoms with Crippen molar-refractivity contribution in [3.63, 3.8) is 0 Å². The summed E-state index contributed by atoms with van der Waals surface area (Å²) < 4.78 is 5.28. The van der Waals surface area contributed by atoms with E-state index in [1.807, 2.05) is 6.92 Å². The van der Waals surface area contributed by atoms with Gasteiger partial charge in [-0.3, -0.25) is 4.79 Å². The second kappa shape index (κ2) is 5.26. The van der Waals surface area contributed by atoms with E-state index in [-0.39, 0.29) is 17.8 Å². The van der Waals surface area contributed by atoms with Crippen molar-refractivity contribution in [3.05, 3.63) is 0 Å². The van der Waals surface area contributed by atoms with Crippen LogP contribution in [0.15, 0.2) is 0 Å². The van der Waals surface area contributed by atoms with Crippen LogP contribution in [0.4, 0.5) is 4.79 Å². The number of carbonyl (C=O) groups excluding carboxylic acids is 1. The lowest BCUT2D eigenvalue weighted by Crippen LogP contribution is -2.53. The highest BCUT2D eigenvalue weighted by atomic mass is 16.6. The number of aliphatic carboxylic acids is 1. The normalized spacial score (nSPS) is 29.0. The highest BCUT2D eigenvalue weighted by Gasteiger charge is 2.51. The molecule has 20 heavy (non-hydrogen) atoms. The van der Waals surface area contributed by atoms with Crippen molar-refractivity contribution < 1.29 is 19.4 Å². The number of alkyl carbamates (subject to hydrolysis) is 1. The molecule has 5 heteroatoms. The molecule has 1 aliphatic rings. The minimum absolute atomic E-state index is 0.0177. The number of ether oxygens (including phenoxy) is 1. The van der Waals surface area contributed by atoms with Gasteiger partial charge in [-0.15, -0.1) is 0 Å². The largest absolute Gasteiger partial charge is 0.481 e. The van der Waals surface area contributed by atoms with Crippen molar-refractivity contribution in [1.29, 1.82) is 0 Å². The first-order chi connectivity index (χ1) is 8.85. The Hall–Kier alpha value is -1.26. The van der Waals surface area contributed by atoms with Crippen LogP contribution in [0.2, 0.25) is 0 Å². The summed E-state index contributed by atoms with van der Waals surface area (Å²) in [7, 11) is 0. The van der Waals surface area contributed by atoms with Crippen molar-refractivity contribution in [2.24, 2.45) is 11.3 Å². The first kappa shape index (κ1) is 16.8. The van der Waals surface area contributed by atoms with E-state index in [1.54, 1.807) is 20.8 Å². The minimum atomic E-state index is -0.898. The topological polar surface area (TPSA) is 75.6 Å². The van der Waals surface area contributed by atoms with Crippen LogP contribution in [0.5, 0.6) is 0 Å². The van der Waals surface area contributed by atoms with E-state index in [2.05, 4.69) is 19.2 Å². The van der Waals surface area contributed by atoms with Gasteiger partial charge in [0.2, 0.25) is 0 Å². The van der Waals surface area contributed by atoms with Crippen molar-refractivity contribution in [2.45, 2.75) is 71.9 Å². The summed E-state index contributed by atoms with van der Waals surface area (Å²) in [5.41, 5.74) is -1.30. The Morgan fingerprint density at radius 1 is 1.35 bits per heavy atom. The zero-order valence-corrected chi connectivity index (χ0v) is 13.4. The highest BCUT2D eigenvalue weighted by molar-refractivity contribution is 5.73. The van der Waals surface area contributed by atoms with Crippen molar-refractivity contribution >= 4 is 12.1 Å². The Morgan fingerprint density at radius 3 is 2.25 bits per heavy atom. The number of amides is 1. The van der Waals surface area contributed by atoms with Crippen molar-refractivity contribution in [2.75, 3.05) is 0 Å². The number of hydrogen-bond acceptors (Lipinski definition) is 3. The summed E-state index contributed by atoms with van der Waals surface area (Å²) in [5.74, 6) is -0.799. The molecular weight excluding hydrogens is 258 g/mol. The molecule has 0 aromatic rings. The van der Waals surface area contributed by atoms with E-state index in [0.29, 0.717) is 6.42 Å². The molecule has 0 aliphatic heterocycles. The molecule has 0 bridgehead atoms. The van der Waals surface area contributed by atoms with Crippen LogP contribution in [0.25, 0.3) is 0 Å². The second-order valence-corrected chi connectivity index (χ2v) is 7.80. The van der Waals surface area contributed by atoms with E-state index in [9.17, 15) is 14.7 Å². The summed E-state index contributed by atoms with van der Waals surface area (Å²) in [5, 5.41) is 12.0. The molecule has 0 heterocycles. The summed E-state index contributed by atoms with van der Waals surface area (Å²) in [6.07, 6.45) is 0.919. The molecule has 0 aromatic heterocycles. The Balaban J connectivity index is 2.91. The van der Waals surface area contributed by atoms with Gasteiger partial charge in [0.05, 0.1) is 12.0 Å². The maximum absolute atomic E-state index is 12.0. The van der Waals surface area contributed by atoms with E-state index in [1.165, 1.54) is 0 Å². The molecule has 1 aliphatic carbocycles. The summed E-state index contributed by atoms with van der Waals surface area (Å²) in [6.45, 7) is 11.6. The fourth-order valence-electron chi connectivity index (χ4n) is 3.35. The van der Waals surface area contributed by atoms with Gasteiger partial charge in [-0.2, -0.15) is 0 Å². The quantitative estimate of drug-likeness (QED) is 0.835. The SMILES string of the molecule is CC1CC(C)(C)CC1(CC(=O)O)NC(=O)OC(C)(C)C. The molecule has 1 fully saturated rings. The van der Waals surface area contributed by atoms with Gasteiger partial charge in [0, 0.05) is 0 Å². The van der Waals surface area contributed by atoms with Crippen LogP contribution in [-0.4, -0.2) is 28.3 Å². The lowest BCUT2D eigenvalue weighted by Gasteiger charge is -2.35. The Bertz CT molecular complexity index is 397. The van der Waals surface area contributed by atoms with Gasteiger partial charge < -0.3 is 15.2 Å². The lowest BCUT2D eigenvalue weighted by atomic mass is 9.83.